The largest absolute Gasteiger partial charge is 0.316 e. The number of aromatic nitrogens is 6. The lowest BCUT2D eigenvalue weighted by Crippen LogP contribution is -2.59. The molecule has 1 N–H and O–H groups in total. The Kier molecular flexibility index (Phi) is 3.08. The Morgan fingerprint density at radius 2 is 1.82 bits per heavy atom. The van der Waals surface area contributed by atoms with Gasteiger partial charge in [0.2, 0.25) is 0 Å². The number of nitrogens with zero attached hydrogens (tertiary/aromatic N) is 6. The number of imidazole rings is 1. The molecule has 0 radical (unpaired) electrons. The van der Waals surface area contributed by atoms with Gasteiger partial charge in [0.25, 0.3) is 0 Å². The predicted molar refractivity (Wildman–Crippen MR) is 102 cm³/mol. The molecule has 4 aromatic heterocycles. The van der Waals surface area contributed by atoms with Crippen LogP contribution in [0.4, 0.5) is 4.39 Å². The van der Waals surface area contributed by atoms with Crippen LogP contribution in [0.15, 0.2) is 24.5 Å². The molecule has 0 bridgehead atoms. The average molecular weight is 377 g/mol. The maximum atomic E-state index is 14.8. The van der Waals surface area contributed by atoms with Crippen LogP contribution in [0, 0.1) is 25.1 Å². The first-order chi connectivity index (χ1) is 13.5. The number of nitrogens with one attached hydrogen (secondary N) is 1. The lowest BCUT2D eigenvalue weighted by atomic mass is 9.58. The SMILES string of the molecule is Cc1cn2nc(-c3cc(F)c4nc(C5CC6(CNC6)C5)nn4c3)cc(C)c2n1. The van der Waals surface area contributed by atoms with Crippen molar-refractivity contribution >= 4 is 11.3 Å². The lowest BCUT2D eigenvalue weighted by Gasteiger charge is -2.53. The van der Waals surface area contributed by atoms with E-state index in [2.05, 4.69) is 25.5 Å². The Balaban J connectivity index is 1.41. The second-order valence-corrected chi connectivity index (χ2v) is 8.39. The number of fused-ring (bicyclic) bond motifs is 2. The summed E-state index contributed by atoms with van der Waals surface area (Å²) in [5.41, 5.74) is 4.78. The van der Waals surface area contributed by atoms with Crippen LogP contribution in [0.1, 0.15) is 35.8 Å². The molecule has 8 heteroatoms. The number of aryl methyl sites for hydroxylation is 2. The minimum Gasteiger partial charge on any atom is -0.316 e. The summed E-state index contributed by atoms with van der Waals surface area (Å²) in [7, 11) is 0. The van der Waals surface area contributed by atoms with E-state index in [-0.39, 0.29) is 11.5 Å². The predicted octanol–water partition coefficient (Wildman–Crippen LogP) is 2.66. The zero-order valence-electron chi connectivity index (χ0n) is 15.8. The molecule has 2 aliphatic rings. The van der Waals surface area contributed by atoms with Crippen molar-refractivity contribution in [3.63, 3.8) is 0 Å². The molecule has 0 aromatic carbocycles. The molecule has 2 fully saturated rings. The zero-order valence-corrected chi connectivity index (χ0v) is 15.8. The molecule has 1 aliphatic heterocycles. The smallest absolute Gasteiger partial charge is 0.191 e. The van der Waals surface area contributed by atoms with Gasteiger partial charge in [-0.2, -0.15) is 10.2 Å². The molecule has 142 valence electrons. The molecule has 7 nitrogen and oxygen atoms in total. The van der Waals surface area contributed by atoms with Crippen molar-refractivity contribution in [2.24, 2.45) is 5.41 Å². The van der Waals surface area contributed by atoms with Crippen LogP contribution in [0.25, 0.3) is 22.6 Å². The van der Waals surface area contributed by atoms with Crippen molar-refractivity contribution in [1.29, 1.82) is 0 Å². The van der Waals surface area contributed by atoms with Gasteiger partial charge in [-0.05, 0) is 49.8 Å². The highest BCUT2D eigenvalue weighted by molar-refractivity contribution is 5.64. The molecule has 0 amide bonds. The third-order valence-corrected chi connectivity index (χ3v) is 6.15. The van der Waals surface area contributed by atoms with E-state index in [9.17, 15) is 4.39 Å². The highest BCUT2D eigenvalue weighted by Gasteiger charge is 2.50. The summed E-state index contributed by atoms with van der Waals surface area (Å²) in [5.74, 6) is 0.700. The van der Waals surface area contributed by atoms with Crippen molar-refractivity contribution in [3.8, 4) is 11.3 Å². The molecule has 5 heterocycles. The highest BCUT2D eigenvalue weighted by atomic mass is 19.1. The Morgan fingerprint density at radius 1 is 1.04 bits per heavy atom. The Morgan fingerprint density at radius 3 is 2.57 bits per heavy atom. The lowest BCUT2D eigenvalue weighted by molar-refractivity contribution is 0.0331. The van der Waals surface area contributed by atoms with Crippen LogP contribution in [0.2, 0.25) is 0 Å². The van der Waals surface area contributed by atoms with Gasteiger partial charge in [-0.1, -0.05) is 0 Å². The normalized spacial score (nSPS) is 18.7. The third-order valence-electron chi connectivity index (χ3n) is 6.15. The van der Waals surface area contributed by atoms with E-state index in [1.54, 1.807) is 9.03 Å². The Labute approximate surface area is 160 Å². The fourth-order valence-electron chi connectivity index (χ4n) is 4.60. The van der Waals surface area contributed by atoms with Crippen LogP contribution in [-0.4, -0.2) is 42.3 Å². The summed E-state index contributed by atoms with van der Waals surface area (Å²) < 4.78 is 18.1. The van der Waals surface area contributed by atoms with E-state index >= 15 is 0 Å². The van der Waals surface area contributed by atoms with Crippen molar-refractivity contribution < 1.29 is 4.39 Å². The maximum absolute atomic E-state index is 14.8. The molecule has 4 aromatic rings. The van der Waals surface area contributed by atoms with E-state index < -0.39 is 0 Å². The number of hydrogen-bond donors (Lipinski definition) is 1. The summed E-state index contributed by atoms with van der Waals surface area (Å²) in [6.45, 7) is 6.07. The second-order valence-electron chi connectivity index (χ2n) is 8.39. The van der Waals surface area contributed by atoms with E-state index in [1.807, 2.05) is 32.3 Å². The average Bonchev–Trinajstić information content (AvgIpc) is 3.15. The monoisotopic (exact) mass is 377 g/mol. The van der Waals surface area contributed by atoms with Gasteiger partial charge in [-0.15, -0.1) is 0 Å². The van der Waals surface area contributed by atoms with Crippen molar-refractivity contribution in [2.75, 3.05) is 13.1 Å². The number of pyridine rings is 1. The third kappa shape index (κ3) is 2.24. The second kappa shape index (κ2) is 5.35. The van der Waals surface area contributed by atoms with Crippen molar-refractivity contribution in [3.05, 3.63) is 47.4 Å². The van der Waals surface area contributed by atoms with Gasteiger partial charge in [-0.3, -0.25) is 0 Å². The Bertz CT molecular complexity index is 1240. The van der Waals surface area contributed by atoms with Gasteiger partial charge in [0.1, 0.15) is 0 Å². The molecule has 1 saturated carbocycles. The minimum atomic E-state index is -0.378. The molecule has 1 aliphatic carbocycles. The van der Waals surface area contributed by atoms with E-state index in [0.717, 1.165) is 48.7 Å². The van der Waals surface area contributed by atoms with Crippen LogP contribution in [-0.2, 0) is 0 Å². The molecule has 0 atom stereocenters. The van der Waals surface area contributed by atoms with E-state index in [4.69, 9.17) is 0 Å². The Hall–Kier alpha value is -2.87. The number of hydrogen-bond acceptors (Lipinski definition) is 5. The summed E-state index contributed by atoms with van der Waals surface area (Å²) in [6.07, 6.45) is 5.85. The van der Waals surface area contributed by atoms with Crippen LogP contribution in [0.5, 0.6) is 0 Å². The first kappa shape index (κ1) is 16.1. The fourth-order valence-corrected chi connectivity index (χ4v) is 4.60. The van der Waals surface area contributed by atoms with Gasteiger partial charge in [-0.25, -0.2) is 23.4 Å². The molecule has 0 unspecified atom stereocenters. The summed E-state index contributed by atoms with van der Waals surface area (Å²) in [4.78, 5) is 8.96. The summed E-state index contributed by atoms with van der Waals surface area (Å²) >= 11 is 0. The first-order valence-electron chi connectivity index (χ1n) is 9.60. The van der Waals surface area contributed by atoms with Gasteiger partial charge in [0, 0.05) is 30.8 Å². The topological polar surface area (TPSA) is 72.4 Å². The first-order valence-corrected chi connectivity index (χ1v) is 9.60. The van der Waals surface area contributed by atoms with Crippen molar-refractivity contribution in [2.45, 2.75) is 32.6 Å². The molecular weight excluding hydrogens is 357 g/mol. The minimum absolute atomic E-state index is 0.280. The van der Waals surface area contributed by atoms with Gasteiger partial charge in [0.05, 0.1) is 17.6 Å². The quantitative estimate of drug-likeness (QED) is 0.581. The van der Waals surface area contributed by atoms with Crippen LogP contribution in [0.3, 0.4) is 0 Å². The molecule has 6 rings (SSSR count). The molecule has 1 spiro atoms. The van der Waals surface area contributed by atoms with Gasteiger partial charge < -0.3 is 5.32 Å². The van der Waals surface area contributed by atoms with E-state index in [1.165, 1.54) is 6.07 Å². The maximum Gasteiger partial charge on any atom is 0.191 e. The van der Waals surface area contributed by atoms with Crippen LogP contribution < -0.4 is 5.32 Å². The summed E-state index contributed by atoms with van der Waals surface area (Å²) in [5, 5.41) is 12.5. The molecule has 28 heavy (non-hydrogen) atoms. The van der Waals surface area contributed by atoms with E-state index in [0.29, 0.717) is 22.6 Å². The zero-order chi connectivity index (χ0) is 19.0. The summed E-state index contributed by atoms with van der Waals surface area (Å²) in [6, 6.07) is 3.42. The number of halogens is 1. The fraction of sp³-hybridized carbons (Fsp3) is 0.400. The standard InChI is InChI=1S/C20H20FN7/c1-11-3-16(25-27-7-12(2)23-18(11)27)13-4-15(21)19-24-17(26-28(19)8-13)14-5-20(6-14)9-22-10-20/h3-4,7-8,14,22H,5-6,9-10H2,1-2H3. The number of rotatable bonds is 2. The molecule has 1 saturated heterocycles. The van der Waals surface area contributed by atoms with Crippen molar-refractivity contribution in [1.82, 2.24) is 34.5 Å². The van der Waals surface area contributed by atoms with Gasteiger partial charge >= 0.3 is 0 Å². The molecular formula is C20H20FN7. The van der Waals surface area contributed by atoms with Crippen LogP contribution >= 0.6 is 0 Å². The van der Waals surface area contributed by atoms with Gasteiger partial charge in [0.15, 0.2) is 22.9 Å². The highest BCUT2D eigenvalue weighted by Crippen LogP contribution is 2.52.